The Hall–Kier alpha value is -4.45. The molecule has 5 fully saturated rings. The molecular weight excluding hydrogens is 850 g/mol. The van der Waals surface area contributed by atoms with Gasteiger partial charge in [0.25, 0.3) is 0 Å². The molecule has 16 nitrogen and oxygen atoms in total. The number of amides is 3. The molecule has 3 saturated carbocycles. The van der Waals surface area contributed by atoms with E-state index in [-0.39, 0.29) is 31.0 Å². The zero-order valence-corrected chi connectivity index (χ0v) is 38.5. The van der Waals surface area contributed by atoms with E-state index >= 15 is 0 Å². The maximum Gasteiger partial charge on any atom is 0.408 e. The van der Waals surface area contributed by atoms with Gasteiger partial charge in [0.05, 0.1) is 31.0 Å². The first-order valence-corrected chi connectivity index (χ1v) is 23.6. The minimum atomic E-state index is -1.42. The summed E-state index contributed by atoms with van der Waals surface area (Å²) in [4.78, 5) is 68.5. The van der Waals surface area contributed by atoms with Gasteiger partial charge in [0.2, 0.25) is 11.8 Å². The normalized spacial score (nSPS) is 27.1. The molecule has 1 aromatic carbocycles. The Kier molecular flexibility index (Phi) is 13.0. The lowest BCUT2D eigenvalue weighted by Gasteiger charge is -2.35. The van der Waals surface area contributed by atoms with Gasteiger partial charge in [0.1, 0.15) is 58.7 Å². The van der Waals surface area contributed by atoms with Gasteiger partial charge in [0, 0.05) is 48.9 Å². The van der Waals surface area contributed by atoms with Crippen LogP contribution in [0.25, 0.3) is 22.3 Å². The average Bonchev–Trinajstić information content (AvgIpc) is 3.91. The van der Waals surface area contributed by atoms with Crippen molar-refractivity contribution in [2.24, 2.45) is 23.2 Å². The predicted molar refractivity (Wildman–Crippen MR) is 238 cm³/mol. The highest BCUT2D eigenvalue weighted by Gasteiger charge is 2.61. The molecule has 2 aromatic heterocycles. The third kappa shape index (κ3) is 9.96. The number of fused-ring (bicyclic) bond motifs is 2. The standard InChI is InChI=1S/C45H60ClN7O9S/c1-7-27-21-45(27,41(56)57)51-39(54)33-19-29(22-53(33)40(55)38(44(4,5)6)50-43(58)62-28-17-25-16-26(25)18-28)61-35-20-31(32-23-63-42(49-32)47-24(2)3)48-37-30(35)8-9-34(36(37)46)60-15-12-52-10-13-59-14-11-52/h8-9,20,23-29,33,38H,7,10-19,21-22H2,1-6H3,(H,47,49)(H,50,58)(H,51,54)(H,56,57)/t25-,26+,27-,28+,29-,33+,38-,45-/m1/s1. The molecule has 0 spiro atoms. The summed E-state index contributed by atoms with van der Waals surface area (Å²) in [5.74, 6) is -0.376. The van der Waals surface area contributed by atoms with Crippen LogP contribution in [0.4, 0.5) is 9.93 Å². The van der Waals surface area contributed by atoms with Crippen LogP contribution in [0, 0.1) is 23.2 Å². The van der Waals surface area contributed by atoms with Gasteiger partial charge in [-0.2, -0.15) is 0 Å². The van der Waals surface area contributed by atoms with Crippen LogP contribution >= 0.6 is 22.9 Å². The Morgan fingerprint density at radius 2 is 1.78 bits per heavy atom. The van der Waals surface area contributed by atoms with Crippen molar-refractivity contribution in [3.8, 4) is 22.9 Å². The first-order chi connectivity index (χ1) is 30.0. The molecular formula is C45H60ClN7O9S. The van der Waals surface area contributed by atoms with Crippen molar-refractivity contribution in [1.82, 2.24) is 30.4 Å². The van der Waals surface area contributed by atoms with Crippen molar-refractivity contribution >= 4 is 62.8 Å². The number of aliphatic carboxylic acids is 1. The number of ether oxygens (including phenoxy) is 4. The third-order valence-corrected chi connectivity index (χ3v) is 14.2. The van der Waals surface area contributed by atoms with E-state index in [1.165, 1.54) is 22.7 Å². The number of thiazole rings is 1. The number of alkyl carbamates (subject to hydrolysis) is 1. The lowest BCUT2D eigenvalue weighted by atomic mass is 9.85. The smallest absolute Gasteiger partial charge is 0.408 e. The molecule has 4 N–H and O–H groups in total. The van der Waals surface area contributed by atoms with E-state index in [9.17, 15) is 24.3 Å². The number of hydrogen-bond acceptors (Lipinski definition) is 13. The number of carbonyl (C=O) groups is 4. The highest BCUT2D eigenvalue weighted by atomic mass is 35.5. The minimum absolute atomic E-state index is 0.0295. The SMILES string of the molecule is CC[C@@H]1C[C@]1(NC(=O)[C@@H]1C[C@@H](Oc2cc(-c3csc(NC(C)C)n3)nc3c(Cl)c(OCCN4CCOCC4)ccc23)CN1C(=O)[C@@H](NC(=O)O[C@@H]1C[C@@H]2C[C@@H]2C1)C(C)(C)C)C(=O)O. The van der Waals surface area contributed by atoms with Crippen molar-refractivity contribution in [3.63, 3.8) is 0 Å². The monoisotopic (exact) mass is 909 g/mol. The van der Waals surface area contributed by atoms with E-state index in [0.29, 0.717) is 89.9 Å². The lowest BCUT2D eigenvalue weighted by Crippen LogP contribution is -2.59. The van der Waals surface area contributed by atoms with Gasteiger partial charge >= 0.3 is 12.1 Å². The fourth-order valence-electron chi connectivity index (χ4n) is 9.38. The molecule has 2 saturated heterocycles. The number of hydrogen-bond donors (Lipinski definition) is 4. The van der Waals surface area contributed by atoms with Crippen molar-refractivity contribution < 1.29 is 43.2 Å². The number of carboxylic acid groups (broad SMARTS) is 1. The van der Waals surface area contributed by atoms with Crippen LogP contribution in [-0.2, 0) is 23.9 Å². The molecule has 0 unspecified atom stereocenters. The molecule has 2 aliphatic heterocycles. The van der Waals surface area contributed by atoms with Gasteiger partial charge < -0.3 is 44.9 Å². The van der Waals surface area contributed by atoms with Crippen molar-refractivity contribution in [3.05, 3.63) is 28.6 Å². The van der Waals surface area contributed by atoms with Crippen LogP contribution < -0.4 is 25.4 Å². The molecule has 3 aliphatic carbocycles. The number of carboxylic acids is 1. The van der Waals surface area contributed by atoms with E-state index < -0.39 is 53.0 Å². The van der Waals surface area contributed by atoms with Crippen LogP contribution in [0.3, 0.4) is 0 Å². The van der Waals surface area contributed by atoms with E-state index in [2.05, 4.69) is 20.9 Å². The fraction of sp³-hybridized carbons (Fsp3) is 0.644. The Labute approximate surface area is 377 Å². The molecule has 0 radical (unpaired) electrons. The summed E-state index contributed by atoms with van der Waals surface area (Å²) >= 11 is 8.55. The summed E-state index contributed by atoms with van der Waals surface area (Å²) in [6.45, 7) is 15.6. The van der Waals surface area contributed by atoms with Crippen LogP contribution in [0.1, 0.15) is 80.1 Å². The highest BCUT2D eigenvalue weighted by molar-refractivity contribution is 7.14. The first-order valence-electron chi connectivity index (χ1n) is 22.3. The molecule has 18 heteroatoms. The predicted octanol–water partition coefficient (Wildman–Crippen LogP) is 6.20. The number of nitrogens with zero attached hydrogens (tertiary/aromatic N) is 4. The van der Waals surface area contributed by atoms with Crippen LogP contribution in [0.2, 0.25) is 5.02 Å². The second-order valence-corrected chi connectivity index (χ2v) is 20.4. The number of pyridine rings is 1. The summed E-state index contributed by atoms with van der Waals surface area (Å²) in [6.07, 6.45) is 2.11. The second-order valence-electron chi connectivity index (χ2n) is 19.2. The van der Waals surface area contributed by atoms with Gasteiger partial charge in [-0.05, 0) is 74.8 Å². The van der Waals surface area contributed by atoms with Crippen LogP contribution in [0.15, 0.2) is 23.6 Å². The summed E-state index contributed by atoms with van der Waals surface area (Å²) in [7, 11) is 0. The number of halogens is 1. The maximum atomic E-state index is 14.8. The number of rotatable bonds is 16. The number of aromatic nitrogens is 2. The Bertz CT molecular complexity index is 2200. The number of nitrogens with one attached hydrogen (secondary N) is 3. The largest absolute Gasteiger partial charge is 0.491 e. The molecule has 8 atom stereocenters. The average molecular weight is 911 g/mol. The van der Waals surface area contributed by atoms with E-state index in [1.807, 2.05) is 53.0 Å². The van der Waals surface area contributed by atoms with Crippen LogP contribution in [0.5, 0.6) is 11.5 Å². The highest BCUT2D eigenvalue weighted by Crippen LogP contribution is 2.52. The van der Waals surface area contributed by atoms with Gasteiger partial charge in [0.15, 0.2) is 5.13 Å². The van der Waals surface area contributed by atoms with Gasteiger partial charge in [-0.15, -0.1) is 11.3 Å². The third-order valence-electron chi connectivity index (χ3n) is 13.1. The number of morpholine rings is 1. The summed E-state index contributed by atoms with van der Waals surface area (Å²) in [5, 5.41) is 22.7. The van der Waals surface area contributed by atoms with Gasteiger partial charge in [-0.3, -0.25) is 14.5 Å². The molecule has 0 bridgehead atoms. The minimum Gasteiger partial charge on any atom is -0.491 e. The van der Waals surface area contributed by atoms with Crippen molar-refractivity contribution in [2.45, 2.75) is 116 Å². The zero-order chi connectivity index (χ0) is 44.8. The Balaban J connectivity index is 1.09. The maximum absolute atomic E-state index is 14.8. The first kappa shape index (κ1) is 45.1. The number of anilines is 1. The second kappa shape index (κ2) is 18.2. The summed E-state index contributed by atoms with van der Waals surface area (Å²) in [5.41, 5.74) is -0.683. The fourth-order valence-corrected chi connectivity index (χ4v) is 10.5. The van der Waals surface area contributed by atoms with Crippen LogP contribution in [-0.4, -0.2) is 131 Å². The molecule has 3 aromatic rings. The Morgan fingerprint density at radius 3 is 2.44 bits per heavy atom. The van der Waals surface area contributed by atoms with Crippen molar-refractivity contribution in [1.29, 1.82) is 0 Å². The topological polar surface area (TPSA) is 194 Å². The molecule has 5 aliphatic rings. The van der Waals surface area contributed by atoms with Gasteiger partial charge in [-0.1, -0.05) is 45.7 Å². The van der Waals surface area contributed by atoms with E-state index in [4.69, 9.17) is 40.5 Å². The van der Waals surface area contributed by atoms with Crippen molar-refractivity contribution in [2.75, 3.05) is 51.3 Å². The lowest BCUT2D eigenvalue weighted by molar-refractivity contribution is -0.146. The molecule has 4 heterocycles. The Morgan fingerprint density at radius 1 is 1.03 bits per heavy atom. The number of benzene rings is 1. The molecule has 63 heavy (non-hydrogen) atoms. The molecule has 3 amide bonds. The number of likely N-dealkylation sites (tertiary alicyclic amines) is 1. The zero-order valence-electron chi connectivity index (χ0n) is 36.9. The molecule has 8 rings (SSSR count). The quantitative estimate of drug-likeness (QED) is 0.127. The number of carbonyl (C=O) groups excluding carboxylic acids is 3. The van der Waals surface area contributed by atoms with E-state index in [0.717, 1.165) is 31.1 Å². The molecule has 342 valence electrons. The van der Waals surface area contributed by atoms with E-state index in [1.54, 1.807) is 12.1 Å². The van der Waals surface area contributed by atoms with Gasteiger partial charge in [-0.25, -0.2) is 19.6 Å². The summed E-state index contributed by atoms with van der Waals surface area (Å²) in [6, 6.07) is 3.38. The summed E-state index contributed by atoms with van der Waals surface area (Å²) < 4.78 is 24.3.